The standard InChI is InChI=1S/C7H4N3S/c8-10-7-9-5-3-1-2-4-6(5)11-7/h1-4H/q-1. The largest absolute Gasteiger partial charge is 0.704 e. The highest BCUT2D eigenvalue weighted by atomic mass is 32.1. The van der Waals surface area contributed by atoms with Gasteiger partial charge in [0, 0.05) is 0 Å². The van der Waals surface area contributed by atoms with Gasteiger partial charge in [0.15, 0.2) is 5.13 Å². The third-order valence-electron chi connectivity index (χ3n) is 1.37. The van der Waals surface area contributed by atoms with E-state index in [4.69, 9.17) is 5.53 Å². The van der Waals surface area contributed by atoms with Crippen LogP contribution in [-0.2, 0) is 0 Å². The van der Waals surface area contributed by atoms with E-state index < -0.39 is 0 Å². The Morgan fingerprint density at radius 3 is 2.91 bits per heavy atom. The summed E-state index contributed by atoms with van der Waals surface area (Å²) in [7, 11) is 0. The van der Waals surface area contributed by atoms with Crippen molar-refractivity contribution in [3.8, 4) is 0 Å². The second-order valence-corrected chi connectivity index (χ2v) is 3.07. The number of thiazole rings is 1. The average molecular weight is 162 g/mol. The van der Waals surface area contributed by atoms with E-state index in [1.165, 1.54) is 11.3 Å². The molecule has 54 valence electrons. The predicted octanol–water partition coefficient (Wildman–Crippen LogP) is 2.95. The van der Waals surface area contributed by atoms with Gasteiger partial charge in [-0.05, 0) is 12.1 Å². The molecule has 0 saturated carbocycles. The zero-order valence-corrected chi connectivity index (χ0v) is 6.38. The summed E-state index contributed by atoms with van der Waals surface area (Å²) in [6.07, 6.45) is 0. The van der Waals surface area contributed by atoms with E-state index in [9.17, 15) is 0 Å². The lowest BCUT2D eigenvalue weighted by Crippen LogP contribution is -1.62. The van der Waals surface area contributed by atoms with E-state index >= 15 is 0 Å². The molecule has 0 radical (unpaired) electrons. The summed E-state index contributed by atoms with van der Waals surface area (Å²) in [5, 5.41) is 3.42. The van der Waals surface area contributed by atoms with Gasteiger partial charge in [-0.2, -0.15) is 0 Å². The molecular formula is C7H4N3S-. The maximum atomic E-state index is 8.41. The normalized spacial score (nSPS) is 10.2. The fraction of sp³-hybridized carbons (Fsp3) is 0. The molecule has 0 amide bonds. The van der Waals surface area contributed by atoms with Crippen molar-refractivity contribution in [3.05, 3.63) is 29.8 Å². The van der Waals surface area contributed by atoms with Crippen molar-refractivity contribution in [1.29, 1.82) is 0 Å². The maximum absolute atomic E-state index is 8.41. The highest BCUT2D eigenvalue weighted by Crippen LogP contribution is 2.26. The van der Waals surface area contributed by atoms with E-state index in [1.54, 1.807) is 0 Å². The first-order valence-electron chi connectivity index (χ1n) is 3.11. The van der Waals surface area contributed by atoms with Crippen LogP contribution in [0, 0.1) is 0 Å². The molecule has 1 aromatic heterocycles. The molecule has 0 bridgehead atoms. The molecule has 0 fully saturated rings. The van der Waals surface area contributed by atoms with Crippen LogP contribution < -0.4 is 0 Å². The molecule has 2 aromatic rings. The van der Waals surface area contributed by atoms with E-state index in [2.05, 4.69) is 10.1 Å². The first-order valence-corrected chi connectivity index (χ1v) is 3.92. The molecule has 2 rings (SSSR count). The number of para-hydroxylation sites is 1. The van der Waals surface area contributed by atoms with Gasteiger partial charge in [0.25, 0.3) is 0 Å². The Morgan fingerprint density at radius 1 is 1.36 bits per heavy atom. The lowest BCUT2D eigenvalue weighted by atomic mass is 10.3. The van der Waals surface area contributed by atoms with Crippen LogP contribution in [0.15, 0.2) is 29.4 Å². The van der Waals surface area contributed by atoms with E-state index in [0.717, 1.165) is 10.2 Å². The number of nitrogens with zero attached hydrogens (tertiary/aromatic N) is 3. The molecule has 3 nitrogen and oxygen atoms in total. The Kier molecular flexibility index (Phi) is 1.40. The molecule has 0 aliphatic heterocycles. The topological polar surface area (TPSA) is 47.5 Å². The third kappa shape index (κ3) is 1.01. The number of fused-ring (bicyclic) bond motifs is 1. The molecule has 0 unspecified atom stereocenters. The molecule has 0 aliphatic rings. The molecule has 0 spiro atoms. The van der Waals surface area contributed by atoms with Gasteiger partial charge in [0.05, 0.1) is 10.2 Å². The van der Waals surface area contributed by atoms with Crippen molar-refractivity contribution in [2.24, 2.45) is 5.11 Å². The predicted molar refractivity (Wildman–Crippen MR) is 45.1 cm³/mol. The van der Waals surface area contributed by atoms with Gasteiger partial charge in [-0.25, -0.2) is 4.98 Å². The summed E-state index contributed by atoms with van der Waals surface area (Å²) in [5.74, 6) is 0. The average Bonchev–Trinajstić information content (AvgIpc) is 2.46. The second-order valence-electron chi connectivity index (χ2n) is 2.06. The maximum Gasteiger partial charge on any atom is 0.189 e. The van der Waals surface area contributed by atoms with Gasteiger partial charge in [0.2, 0.25) is 0 Å². The minimum atomic E-state index is 0.409. The smallest absolute Gasteiger partial charge is 0.189 e. The fourth-order valence-electron chi connectivity index (χ4n) is 0.903. The summed E-state index contributed by atoms with van der Waals surface area (Å²) in [5.41, 5.74) is 9.29. The van der Waals surface area contributed by atoms with Gasteiger partial charge in [-0.15, -0.1) is 0 Å². The number of benzene rings is 1. The van der Waals surface area contributed by atoms with Gasteiger partial charge >= 0.3 is 0 Å². The minimum absolute atomic E-state index is 0.409. The van der Waals surface area contributed by atoms with Crippen LogP contribution in [0.3, 0.4) is 0 Å². The zero-order chi connectivity index (χ0) is 7.68. The number of rotatable bonds is 1. The van der Waals surface area contributed by atoms with Crippen molar-refractivity contribution >= 4 is 26.7 Å². The van der Waals surface area contributed by atoms with Crippen LogP contribution in [0.25, 0.3) is 15.7 Å². The molecule has 0 aliphatic carbocycles. The summed E-state index contributed by atoms with van der Waals surface area (Å²) < 4.78 is 1.04. The monoisotopic (exact) mass is 162 g/mol. The fourth-order valence-corrected chi connectivity index (χ4v) is 1.65. The lowest BCUT2D eigenvalue weighted by Gasteiger charge is -1.81. The highest BCUT2D eigenvalue weighted by Gasteiger charge is 1.97. The zero-order valence-electron chi connectivity index (χ0n) is 5.56. The quantitative estimate of drug-likeness (QED) is 0.594. The summed E-state index contributed by atoms with van der Waals surface area (Å²) in [6.45, 7) is 0. The Bertz CT molecular complexity index is 360. The molecule has 0 atom stereocenters. The van der Waals surface area contributed by atoms with Crippen molar-refractivity contribution in [3.63, 3.8) is 0 Å². The van der Waals surface area contributed by atoms with Gasteiger partial charge in [-0.1, -0.05) is 23.5 Å². The summed E-state index contributed by atoms with van der Waals surface area (Å²) in [6, 6.07) is 7.67. The van der Waals surface area contributed by atoms with Crippen LogP contribution in [0.2, 0.25) is 0 Å². The number of hydrogen-bond acceptors (Lipinski definition) is 3. The molecule has 0 N–H and O–H groups in total. The Balaban J connectivity index is 2.78. The molecular weight excluding hydrogens is 158 g/mol. The lowest BCUT2D eigenvalue weighted by molar-refractivity contribution is 1.39. The Morgan fingerprint density at radius 2 is 2.18 bits per heavy atom. The van der Waals surface area contributed by atoms with Gasteiger partial charge < -0.3 is 10.6 Å². The van der Waals surface area contributed by atoms with Crippen LogP contribution in [0.5, 0.6) is 0 Å². The van der Waals surface area contributed by atoms with Crippen LogP contribution in [-0.4, -0.2) is 4.98 Å². The number of hydrogen-bond donors (Lipinski definition) is 0. The van der Waals surface area contributed by atoms with Crippen molar-refractivity contribution in [1.82, 2.24) is 4.98 Å². The molecule has 11 heavy (non-hydrogen) atoms. The Hall–Kier alpha value is -1.29. The van der Waals surface area contributed by atoms with Gasteiger partial charge in [0.1, 0.15) is 0 Å². The third-order valence-corrected chi connectivity index (χ3v) is 2.29. The SMILES string of the molecule is [N-]=Nc1nc2ccccc2s1. The van der Waals surface area contributed by atoms with Gasteiger partial charge in [-0.3, -0.25) is 0 Å². The van der Waals surface area contributed by atoms with Crippen LogP contribution >= 0.6 is 11.3 Å². The van der Waals surface area contributed by atoms with Crippen molar-refractivity contribution < 1.29 is 0 Å². The van der Waals surface area contributed by atoms with E-state index in [1.807, 2.05) is 24.3 Å². The highest BCUT2D eigenvalue weighted by molar-refractivity contribution is 7.21. The minimum Gasteiger partial charge on any atom is -0.704 e. The van der Waals surface area contributed by atoms with Crippen molar-refractivity contribution in [2.45, 2.75) is 0 Å². The summed E-state index contributed by atoms with van der Waals surface area (Å²) in [4.78, 5) is 4.03. The first kappa shape index (κ1) is 6.42. The first-order chi connectivity index (χ1) is 5.40. The van der Waals surface area contributed by atoms with E-state index in [0.29, 0.717) is 5.13 Å². The summed E-state index contributed by atoms with van der Waals surface area (Å²) >= 11 is 1.37. The Labute approximate surface area is 67.2 Å². The molecule has 4 heteroatoms. The van der Waals surface area contributed by atoms with Crippen LogP contribution in [0.4, 0.5) is 5.13 Å². The molecule has 0 saturated heterocycles. The van der Waals surface area contributed by atoms with Crippen LogP contribution in [0.1, 0.15) is 0 Å². The second kappa shape index (κ2) is 2.39. The number of aromatic nitrogens is 1. The van der Waals surface area contributed by atoms with Crippen molar-refractivity contribution in [2.75, 3.05) is 0 Å². The molecule has 1 aromatic carbocycles. The molecule has 1 heterocycles. The van der Waals surface area contributed by atoms with E-state index in [-0.39, 0.29) is 0 Å².